The SMILES string of the molecule is COc1ccc(CNc2ccccc2[N+](=O)[O-])cc1C#N. The molecule has 0 radical (unpaired) electrons. The summed E-state index contributed by atoms with van der Waals surface area (Å²) in [7, 11) is 1.50. The maximum atomic E-state index is 10.9. The van der Waals surface area contributed by atoms with Crippen LogP contribution in [0.5, 0.6) is 5.75 Å². The number of rotatable bonds is 5. The van der Waals surface area contributed by atoms with Crippen LogP contribution in [0.25, 0.3) is 0 Å². The summed E-state index contributed by atoms with van der Waals surface area (Å²) in [5.41, 5.74) is 1.73. The third kappa shape index (κ3) is 3.28. The molecule has 0 saturated heterocycles. The van der Waals surface area contributed by atoms with Crippen molar-refractivity contribution in [1.82, 2.24) is 0 Å². The summed E-state index contributed by atoms with van der Waals surface area (Å²) in [5.74, 6) is 0.506. The van der Waals surface area contributed by atoms with Crippen LogP contribution in [0.3, 0.4) is 0 Å². The molecule has 0 atom stereocenters. The van der Waals surface area contributed by atoms with E-state index in [1.54, 1.807) is 36.4 Å². The van der Waals surface area contributed by atoms with Crippen LogP contribution in [-0.2, 0) is 6.54 Å². The normalized spacial score (nSPS) is 9.71. The van der Waals surface area contributed by atoms with Crippen LogP contribution < -0.4 is 10.1 Å². The molecule has 0 saturated carbocycles. The molecule has 2 rings (SSSR count). The Kier molecular flexibility index (Phi) is 4.36. The van der Waals surface area contributed by atoms with E-state index in [-0.39, 0.29) is 5.69 Å². The molecule has 0 aliphatic carbocycles. The van der Waals surface area contributed by atoms with E-state index in [4.69, 9.17) is 10.00 Å². The molecule has 6 nitrogen and oxygen atoms in total. The molecule has 2 aromatic rings. The number of nitro benzene ring substituents is 1. The fourth-order valence-electron chi connectivity index (χ4n) is 1.93. The highest BCUT2D eigenvalue weighted by molar-refractivity contribution is 5.61. The lowest BCUT2D eigenvalue weighted by Crippen LogP contribution is -2.03. The smallest absolute Gasteiger partial charge is 0.292 e. The lowest BCUT2D eigenvalue weighted by atomic mass is 10.1. The number of nitrogens with zero attached hydrogens (tertiary/aromatic N) is 2. The van der Waals surface area contributed by atoms with Crippen LogP contribution in [0.15, 0.2) is 42.5 Å². The van der Waals surface area contributed by atoms with Gasteiger partial charge in [0.05, 0.1) is 17.6 Å². The maximum Gasteiger partial charge on any atom is 0.292 e. The monoisotopic (exact) mass is 283 g/mol. The van der Waals surface area contributed by atoms with Crippen LogP contribution in [0.1, 0.15) is 11.1 Å². The number of benzene rings is 2. The van der Waals surface area contributed by atoms with Crippen LogP contribution in [0.2, 0.25) is 0 Å². The number of hydrogen-bond donors (Lipinski definition) is 1. The van der Waals surface area contributed by atoms with Crippen LogP contribution >= 0.6 is 0 Å². The molecule has 6 heteroatoms. The number of nitrogens with one attached hydrogen (secondary N) is 1. The van der Waals surface area contributed by atoms with Gasteiger partial charge in [-0.3, -0.25) is 10.1 Å². The van der Waals surface area contributed by atoms with E-state index in [1.165, 1.54) is 13.2 Å². The molecule has 0 amide bonds. The molecule has 0 fully saturated rings. The Morgan fingerprint density at radius 1 is 1.33 bits per heavy atom. The highest BCUT2D eigenvalue weighted by Gasteiger charge is 2.12. The summed E-state index contributed by atoms with van der Waals surface area (Å²) >= 11 is 0. The lowest BCUT2D eigenvalue weighted by Gasteiger charge is -2.09. The van der Waals surface area contributed by atoms with Gasteiger partial charge in [0.1, 0.15) is 17.5 Å². The van der Waals surface area contributed by atoms with Crippen LogP contribution in [0, 0.1) is 21.4 Å². The van der Waals surface area contributed by atoms with Crippen molar-refractivity contribution >= 4 is 11.4 Å². The fourth-order valence-corrected chi connectivity index (χ4v) is 1.93. The zero-order chi connectivity index (χ0) is 15.2. The average molecular weight is 283 g/mol. The van der Waals surface area contributed by atoms with Gasteiger partial charge in [-0.1, -0.05) is 18.2 Å². The maximum absolute atomic E-state index is 10.9. The minimum atomic E-state index is -0.433. The number of nitro groups is 1. The largest absolute Gasteiger partial charge is 0.495 e. The molecule has 21 heavy (non-hydrogen) atoms. The summed E-state index contributed by atoms with van der Waals surface area (Å²) in [4.78, 5) is 10.5. The zero-order valence-corrected chi connectivity index (χ0v) is 11.4. The first-order valence-corrected chi connectivity index (χ1v) is 6.20. The second kappa shape index (κ2) is 6.39. The lowest BCUT2D eigenvalue weighted by molar-refractivity contribution is -0.384. The van der Waals surface area contributed by atoms with Gasteiger partial charge in [-0.2, -0.15) is 5.26 Å². The van der Waals surface area contributed by atoms with Crippen molar-refractivity contribution in [3.05, 3.63) is 63.7 Å². The van der Waals surface area contributed by atoms with Gasteiger partial charge in [0, 0.05) is 12.6 Å². The van der Waals surface area contributed by atoms with Crippen molar-refractivity contribution < 1.29 is 9.66 Å². The highest BCUT2D eigenvalue weighted by Crippen LogP contribution is 2.24. The Bertz CT molecular complexity index is 708. The molecular weight excluding hydrogens is 270 g/mol. The highest BCUT2D eigenvalue weighted by atomic mass is 16.6. The molecule has 106 valence electrons. The van der Waals surface area contributed by atoms with Gasteiger partial charge in [-0.15, -0.1) is 0 Å². The van der Waals surface area contributed by atoms with Crippen molar-refractivity contribution in [2.45, 2.75) is 6.54 Å². The van der Waals surface area contributed by atoms with Crippen molar-refractivity contribution in [3.8, 4) is 11.8 Å². The predicted octanol–water partition coefficient (Wildman–Crippen LogP) is 3.09. The van der Waals surface area contributed by atoms with Crippen molar-refractivity contribution in [3.63, 3.8) is 0 Å². The van der Waals surface area contributed by atoms with E-state index in [1.807, 2.05) is 0 Å². The average Bonchev–Trinajstić information content (AvgIpc) is 2.52. The van der Waals surface area contributed by atoms with E-state index in [0.29, 0.717) is 23.5 Å². The van der Waals surface area contributed by atoms with Gasteiger partial charge >= 0.3 is 0 Å². The Labute approximate surface area is 121 Å². The third-order valence-electron chi connectivity index (χ3n) is 2.97. The van der Waals surface area contributed by atoms with Gasteiger partial charge in [-0.25, -0.2) is 0 Å². The number of para-hydroxylation sites is 2. The van der Waals surface area contributed by atoms with E-state index in [2.05, 4.69) is 11.4 Å². The third-order valence-corrected chi connectivity index (χ3v) is 2.97. The first-order valence-electron chi connectivity index (χ1n) is 6.20. The van der Waals surface area contributed by atoms with Crippen LogP contribution in [0.4, 0.5) is 11.4 Å². The number of nitriles is 1. The number of methoxy groups -OCH3 is 1. The predicted molar refractivity (Wildman–Crippen MR) is 78.1 cm³/mol. The standard InChI is InChI=1S/C15H13N3O3/c1-21-15-7-6-11(8-12(15)9-16)10-17-13-4-2-3-5-14(13)18(19)20/h2-8,17H,10H2,1H3. The Morgan fingerprint density at radius 2 is 2.10 bits per heavy atom. The van der Waals surface area contributed by atoms with E-state index >= 15 is 0 Å². The quantitative estimate of drug-likeness (QED) is 0.673. The van der Waals surface area contributed by atoms with Gasteiger partial charge in [0.15, 0.2) is 0 Å². The van der Waals surface area contributed by atoms with Crippen molar-refractivity contribution in [2.75, 3.05) is 12.4 Å². The molecular formula is C15H13N3O3. The Balaban J connectivity index is 2.18. The van der Waals surface area contributed by atoms with Gasteiger partial charge in [0.25, 0.3) is 5.69 Å². The van der Waals surface area contributed by atoms with Gasteiger partial charge in [0.2, 0.25) is 0 Å². The Morgan fingerprint density at radius 3 is 2.76 bits per heavy atom. The Hall–Kier alpha value is -3.07. The number of hydrogen-bond acceptors (Lipinski definition) is 5. The molecule has 0 aliphatic rings. The molecule has 0 spiro atoms. The summed E-state index contributed by atoms with van der Waals surface area (Å²) < 4.78 is 5.07. The van der Waals surface area contributed by atoms with Gasteiger partial charge in [-0.05, 0) is 23.8 Å². The summed E-state index contributed by atoms with van der Waals surface area (Å²) in [5, 5.41) is 23.0. The number of ether oxygens (including phenoxy) is 1. The summed E-state index contributed by atoms with van der Waals surface area (Å²) in [6.07, 6.45) is 0. The van der Waals surface area contributed by atoms with Gasteiger partial charge < -0.3 is 10.1 Å². The second-order valence-corrected chi connectivity index (χ2v) is 4.27. The second-order valence-electron chi connectivity index (χ2n) is 4.27. The molecule has 0 aromatic heterocycles. The molecule has 0 bridgehead atoms. The first-order chi connectivity index (χ1) is 10.2. The van der Waals surface area contributed by atoms with Crippen molar-refractivity contribution in [2.24, 2.45) is 0 Å². The van der Waals surface area contributed by atoms with E-state index in [9.17, 15) is 10.1 Å². The minimum Gasteiger partial charge on any atom is -0.495 e. The zero-order valence-electron chi connectivity index (χ0n) is 11.4. The first kappa shape index (κ1) is 14.3. The summed E-state index contributed by atoms with van der Waals surface area (Å²) in [6.45, 7) is 0.378. The van der Waals surface area contributed by atoms with E-state index in [0.717, 1.165) is 5.56 Å². The van der Waals surface area contributed by atoms with Crippen LogP contribution in [-0.4, -0.2) is 12.0 Å². The molecule has 2 aromatic carbocycles. The minimum absolute atomic E-state index is 0.0199. The molecule has 0 heterocycles. The molecule has 0 aliphatic heterocycles. The summed E-state index contributed by atoms with van der Waals surface area (Å²) in [6, 6.07) is 13.7. The topological polar surface area (TPSA) is 88.2 Å². The molecule has 1 N–H and O–H groups in total. The molecule has 0 unspecified atom stereocenters. The fraction of sp³-hybridized carbons (Fsp3) is 0.133. The van der Waals surface area contributed by atoms with Crippen molar-refractivity contribution in [1.29, 1.82) is 5.26 Å². The number of anilines is 1. The van der Waals surface area contributed by atoms with E-state index < -0.39 is 4.92 Å².